The van der Waals surface area contributed by atoms with Crippen molar-refractivity contribution in [3.63, 3.8) is 0 Å². The zero-order valence-electron chi connectivity index (χ0n) is 18.4. The lowest BCUT2D eigenvalue weighted by molar-refractivity contribution is -0.128. The van der Waals surface area contributed by atoms with Crippen molar-refractivity contribution in [2.75, 3.05) is 30.9 Å². The molecule has 0 N–H and O–H groups in total. The summed E-state index contributed by atoms with van der Waals surface area (Å²) in [5.41, 5.74) is 0.941. The molecule has 0 spiro atoms. The van der Waals surface area contributed by atoms with Crippen LogP contribution in [0.3, 0.4) is 0 Å². The Morgan fingerprint density at radius 2 is 1.94 bits per heavy atom. The molecule has 1 aliphatic rings. The first-order valence-electron chi connectivity index (χ1n) is 10.6. The van der Waals surface area contributed by atoms with E-state index in [2.05, 4.69) is 4.98 Å². The Labute approximate surface area is 196 Å². The van der Waals surface area contributed by atoms with Crippen LogP contribution in [0.4, 0.5) is 0 Å². The highest BCUT2D eigenvalue weighted by Gasteiger charge is 2.32. The average Bonchev–Trinajstić information content (AvgIpc) is 3.17. The molecule has 0 saturated carbocycles. The predicted octanol–water partition coefficient (Wildman–Crippen LogP) is 2.52. The number of para-hydroxylation sites is 1. The van der Waals surface area contributed by atoms with Crippen LogP contribution in [0.15, 0.2) is 58.5 Å². The number of benzene rings is 2. The summed E-state index contributed by atoms with van der Waals surface area (Å²) in [6.45, 7) is 2.44. The van der Waals surface area contributed by atoms with E-state index in [0.717, 1.165) is 11.8 Å². The van der Waals surface area contributed by atoms with Gasteiger partial charge in [-0.1, -0.05) is 23.9 Å². The molecule has 1 fully saturated rings. The number of sulfone groups is 1. The lowest BCUT2D eigenvalue weighted by Gasteiger charge is -2.23. The van der Waals surface area contributed by atoms with Crippen LogP contribution < -0.4 is 10.3 Å². The van der Waals surface area contributed by atoms with Gasteiger partial charge in [0.05, 0.1) is 40.5 Å². The largest absolute Gasteiger partial charge is 0.494 e. The van der Waals surface area contributed by atoms with Crippen molar-refractivity contribution in [2.24, 2.45) is 0 Å². The van der Waals surface area contributed by atoms with Gasteiger partial charge in [0.1, 0.15) is 5.75 Å². The van der Waals surface area contributed by atoms with Gasteiger partial charge in [-0.15, -0.1) is 0 Å². The molecule has 1 aromatic heterocycles. The molecular weight excluding hydrogens is 462 g/mol. The molecule has 4 rings (SSSR count). The van der Waals surface area contributed by atoms with Crippen LogP contribution in [0, 0.1) is 0 Å². The van der Waals surface area contributed by atoms with Gasteiger partial charge in [-0.3, -0.25) is 14.2 Å². The Hall–Kier alpha value is -2.85. The number of hydrogen-bond donors (Lipinski definition) is 0. The standard InChI is InChI=1S/C23H25N3O5S2/c1-3-31-18-10-8-16(9-11-18)26-22(28)19-6-4-5-7-20(19)24-23(26)32-14-21(27)25(2)17-12-13-33(29,30)15-17/h4-11,17H,3,12-15H2,1-2H3. The summed E-state index contributed by atoms with van der Waals surface area (Å²) < 4.78 is 30.5. The lowest BCUT2D eigenvalue weighted by atomic mass is 10.2. The molecule has 1 atom stereocenters. The number of amides is 1. The van der Waals surface area contributed by atoms with Crippen molar-refractivity contribution in [3.8, 4) is 11.4 Å². The second-order valence-corrected chi connectivity index (χ2v) is 11.0. The van der Waals surface area contributed by atoms with Gasteiger partial charge >= 0.3 is 0 Å². The first kappa shape index (κ1) is 23.3. The van der Waals surface area contributed by atoms with Gasteiger partial charge in [0.25, 0.3) is 5.56 Å². The SMILES string of the molecule is CCOc1ccc(-n2c(SCC(=O)N(C)C3CCS(=O)(=O)C3)nc3ccccc3c2=O)cc1. The van der Waals surface area contributed by atoms with Gasteiger partial charge < -0.3 is 9.64 Å². The molecule has 8 nitrogen and oxygen atoms in total. The highest BCUT2D eigenvalue weighted by molar-refractivity contribution is 7.99. The summed E-state index contributed by atoms with van der Waals surface area (Å²) in [4.78, 5) is 32.3. The molecule has 0 bridgehead atoms. The maximum Gasteiger partial charge on any atom is 0.266 e. The van der Waals surface area contributed by atoms with E-state index in [4.69, 9.17) is 4.74 Å². The van der Waals surface area contributed by atoms with Crippen LogP contribution in [0.2, 0.25) is 0 Å². The molecule has 0 aliphatic carbocycles. The van der Waals surface area contributed by atoms with E-state index in [0.29, 0.717) is 40.5 Å². The van der Waals surface area contributed by atoms with Crippen molar-refractivity contribution in [1.82, 2.24) is 14.5 Å². The number of nitrogens with zero attached hydrogens (tertiary/aromatic N) is 3. The van der Waals surface area contributed by atoms with Crippen LogP contribution in [-0.2, 0) is 14.6 Å². The monoisotopic (exact) mass is 487 g/mol. The Kier molecular flexibility index (Phi) is 6.76. The molecule has 1 aliphatic heterocycles. The maximum atomic E-state index is 13.3. The van der Waals surface area contributed by atoms with E-state index < -0.39 is 9.84 Å². The third-order valence-electron chi connectivity index (χ3n) is 5.63. The molecule has 3 aromatic rings. The van der Waals surface area contributed by atoms with Gasteiger partial charge in [-0.05, 0) is 49.7 Å². The number of aromatic nitrogens is 2. The topological polar surface area (TPSA) is 98.6 Å². The molecule has 1 unspecified atom stereocenters. The Morgan fingerprint density at radius 1 is 1.21 bits per heavy atom. The third kappa shape index (κ3) is 5.06. The average molecular weight is 488 g/mol. The Balaban J connectivity index is 1.64. The smallest absolute Gasteiger partial charge is 0.266 e. The van der Waals surface area contributed by atoms with Crippen LogP contribution in [0.1, 0.15) is 13.3 Å². The number of hydrogen-bond acceptors (Lipinski definition) is 7. The number of carbonyl (C=O) groups excluding carboxylic acids is 1. The second kappa shape index (κ2) is 9.56. The number of ether oxygens (including phenoxy) is 1. The second-order valence-electron chi connectivity index (χ2n) is 7.83. The Bertz CT molecular complexity index is 1340. The van der Waals surface area contributed by atoms with Crippen LogP contribution in [0.5, 0.6) is 5.75 Å². The fourth-order valence-electron chi connectivity index (χ4n) is 3.81. The normalized spacial score (nSPS) is 17.2. The third-order valence-corrected chi connectivity index (χ3v) is 8.30. The molecule has 2 aromatic carbocycles. The van der Waals surface area contributed by atoms with Gasteiger partial charge in [0.15, 0.2) is 15.0 Å². The minimum absolute atomic E-state index is 0.00891. The minimum Gasteiger partial charge on any atom is -0.494 e. The quantitative estimate of drug-likeness (QED) is 0.373. The Morgan fingerprint density at radius 3 is 2.61 bits per heavy atom. The van der Waals surface area contributed by atoms with Crippen molar-refractivity contribution in [2.45, 2.75) is 24.5 Å². The zero-order valence-corrected chi connectivity index (χ0v) is 20.1. The number of fused-ring (bicyclic) bond motifs is 1. The minimum atomic E-state index is -3.09. The molecule has 33 heavy (non-hydrogen) atoms. The van der Waals surface area contributed by atoms with Crippen molar-refractivity contribution >= 4 is 38.4 Å². The molecule has 0 radical (unpaired) electrons. The van der Waals surface area contributed by atoms with Crippen LogP contribution in [-0.4, -0.2) is 65.7 Å². The molecule has 2 heterocycles. The summed E-state index contributed by atoms with van der Waals surface area (Å²) in [5.74, 6) is 0.620. The van der Waals surface area contributed by atoms with Crippen molar-refractivity contribution < 1.29 is 17.9 Å². The molecule has 1 amide bonds. The van der Waals surface area contributed by atoms with Crippen molar-refractivity contribution in [3.05, 3.63) is 58.9 Å². The number of carbonyl (C=O) groups is 1. The predicted molar refractivity (Wildman–Crippen MR) is 129 cm³/mol. The highest BCUT2D eigenvalue weighted by Crippen LogP contribution is 2.24. The van der Waals surface area contributed by atoms with Gasteiger partial charge in [-0.25, -0.2) is 13.4 Å². The summed E-state index contributed by atoms with van der Waals surface area (Å²) in [7, 11) is -1.46. The molecule has 174 valence electrons. The van der Waals surface area contributed by atoms with E-state index in [9.17, 15) is 18.0 Å². The van der Waals surface area contributed by atoms with E-state index >= 15 is 0 Å². The fraction of sp³-hybridized carbons (Fsp3) is 0.348. The lowest BCUT2D eigenvalue weighted by Crippen LogP contribution is -2.39. The van der Waals surface area contributed by atoms with E-state index in [1.54, 1.807) is 49.5 Å². The molecule has 10 heteroatoms. The van der Waals surface area contributed by atoms with Crippen molar-refractivity contribution in [1.29, 1.82) is 0 Å². The van der Waals surface area contributed by atoms with Gasteiger partial charge in [0, 0.05) is 13.1 Å². The zero-order chi connectivity index (χ0) is 23.6. The number of thioether (sulfide) groups is 1. The number of rotatable bonds is 7. The van der Waals surface area contributed by atoms with Crippen LogP contribution in [0.25, 0.3) is 16.6 Å². The highest BCUT2D eigenvalue weighted by atomic mass is 32.2. The summed E-state index contributed by atoms with van der Waals surface area (Å²) in [6.07, 6.45) is 0.445. The van der Waals surface area contributed by atoms with E-state index in [1.165, 1.54) is 9.47 Å². The van der Waals surface area contributed by atoms with Gasteiger partial charge in [-0.2, -0.15) is 0 Å². The van der Waals surface area contributed by atoms with E-state index in [-0.39, 0.29) is 34.8 Å². The van der Waals surface area contributed by atoms with Crippen LogP contribution >= 0.6 is 11.8 Å². The first-order valence-corrected chi connectivity index (χ1v) is 13.4. The summed E-state index contributed by atoms with van der Waals surface area (Å²) >= 11 is 1.16. The van der Waals surface area contributed by atoms with E-state index in [1.807, 2.05) is 13.0 Å². The summed E-state index contributed by atoms with van der Waals surface area (Å²) in [6, 6.07) is 13.9. The first-order chi connectivity index (χ1) is 15.8. The molecular formula is C23H25N3O5S2. The fourth-order valence-corrected chi connectivity index (χ4v) is 6.52. The summed E-state index contributed by atoms with van der Waals surface area (Å²) in [5, 5.41) is 0.874. The maximum absolute atomic E-state index is 13.3. The molecule has 1 saturated heterocycles. The van der Waals surface area contributed by atoms with Gasteiger partial charge in [0.2, 0.25) is 5.91 Å².